The summed E-state index contributed by atoms with van der Waals surface area (Å²) in [4.78, 5) is 26.6. The Balaban J connectivity index is 2.05. The minimum Gasteiger partial charge on any atom is -0.481 e. The zero-order valence-electron chi connectivity index (χ0n) is 9.56. The van der Waals surface area contributed by atoms with Crippen LogP contribution in [0.4, 0.5) is 0 Å². The summed E-state index contributed by atoms with van der Waals surface area (Å²) in [5.74, 6) is -1.19. The highest BCUT2D eigenvalue weighted by molar-refractivity contribution is 5.93. The van der Waals surface area contributed by atoms with E-state index in [1.54, 1.807) is 25.1 Å². The van der Waals surface area contributed by atoms with Crippen molar-refractivity contribution in [2.75, 3.05) is 0 Å². The van der Waals surface area contributed by atoms with Crippen molar-refractivity contribution >= 4 is 11.9 Å². The molecule has 0 saturated heterocycles. The fraction of sp³-hybridized carbons (Fsp3) is 0.417. The molecule has 0 aromatic carbocycles. The lowest BCUT2D eigenvalue weighted by Crippen LogP contribution is -2.38. The van der Waals surface area contributed by atoms with Crippen LogP contribution in [0.3, 0.4) is 0 Å². The van der Waals surface area contributed by atoms with E-state index in [9.17, 15) is 9.59 Å². The number of aliphatic carboxylic acids is 1. The zero-order valence-corrected chi connectivity index (χ0v) is 9.56. The topological polar surface area (TPSA) is 79.3 Å². The number of carboxylic acids is 1. The summed E-state index contributed by atoms with van der Waals surface area (Å²) in [6.07, 6.45) is 1.41. The van der Waals surface area contributed by atoms with Gasteiger partial charge in [0.25, 0.3) is 5.91 Å². The number of hydrogen-bond donors (Lipinski definition) is 2. The van der Waals surface area contributed by atoms with Crippen molar-refractivity contribution in [2.24, 2.45) is 0 Å². The predicted molar refractivity (Wildman–Crippen MR) is 60.7 cm³/mol. The lowest BCUT2D eigenvalue weighted by atomic mass is 10.1. The highest BCUT2D eigenvalue weighted by atomic mass is 16.4. The SMILES string of the molecule is Cc1cccc(C(=O)NC2(CC(=O)O)CC2)n1. The molecule has 0 radical (unpaired) electrons. The summed E-state index contributed by atoms with van der Waals surface area (Å²) in [5, 5.41) is 11.5. The fourth-order valence-electron chi connectivity index (χ4n) is 1.76. The zero-order chi connectivity index (χ0) is 12.5. The predicted octanol–water partition coefficient (Wildman–Crippen LogP) is 1.13. The van der Waals surface area contributed by atoms with Crippen molar-refractivity contribution in [1.29, 1.82) is 0 Å². The molecule has 5 heteroatoms. The highest BCUT2D eigenvalue weighted by Crippen LogP contribution is 2.38. The minimum atomic E-state index is -0.889. The van der Waals surface area contributed by atoms with Gasteiger partial charge in [0.15, 0.2) is 0 Å². The number of pyridine rings is 1. The third-order valence-electron chi connectivity index (χ3n) is 2.84. The summed E-state index contributed by atoms with van der Waals surface area (Å²) in [6, 6.07) is 5.19. The number of aromatic nitrogens is 1. The van der Waals surface area contributed by atoms with Crippen LogP contribution >= 0.6 is 0 Å². The number of nitrogens with one attached hydrogen (secondary N) is 1. The molecular formula is C12H14N2O3. The lowest BCUT2D eigenvalue weighted by Gasteiger charge is -2.14. The van der Waals surface area contributed by atoms with E-state index in [4.69, 9.17) is 5.11 Å². The van der Waals surface area contributed by atoms with Gasteiger partial charge < -0.3 is 10.4 Å². The Morgan fingerprint density at radius 1 is 1.47 bits per heavy atom. The molecule has 5 nitrogen and oxygen atoms in total. The largest absolute Gasteiger partial charge is 0.481 e. The van der Waals surface area contributed by atoms with Gasteiger partial charge in [-0.05, 0) is 31.9 Å². The van der Waals surface area contributed by atoms with Crippen molar-refractivity contribution in [3.63, 3.8) is 0 Å². The molecule has 0 unspecified atom stereocenters. The Hall–Kier alpha value is -1.91. The first-order valence-electron chi connectivity index (χ1n) is 5.49. The van der Waals surface area contributed by atoms with E-state index in [-0.39, 0.29) is 12.3 Å². The molecule has 90 valence electrons. The number of rotatable bonds is 4. The Bertz CT molecular complexity index is 467. The van der Waals surface area contributed by atoms with Crippen LogP contribution < -0.4 is 5.32 Å². The number of aryl methyl sites for hydroxylation is 1. The van der Waals surface area contributed by atoms with Gasteiger partial charge in [0, 0.05) is 5.69 Å². The van der Waals surface area contributed by atoms with Crippen LogP contribution in [0, 0.1) is 6.92 Å². The molecule has 1 amide bonds. The van der Waals surface area contributed by atoms with Gasteiger partial charge in [0.05, 0.1) is 12.0 Å². The number of hydrogen-bond acceptors (Lipinski definition) is 3. The Kier molecular flexibility index (Phi) is 2.83. The molecule has 1 heterocycles. The van der Waals surface area contributed by atoms with Crippen LogP contribution in [0.2, 0.25) is 0 Å². The molecule has 1 aliphatic rings. The molecular weight excluding hydrogens is 220 g/mol. The van der Waals surface area contributed by atoms with Crippen LogP contribution in [0.25, 0.3) is 0 Å². The molecule has 0 aliphatic heterocycles. The van der Waals surface area contributed by atoms with E-state index in [1.165, 1.54) is 0 Å². The molecule has 1 aromatic rings. The molecule has 1 fully saturated rings. The van der Waals surface area contributed by atoms with Gasteiger partial charge in [-0.25, -0.2) is 4.98 Å². The van der Waals surface area contributed by atoms with Gasteiger partial charge >= 0.3 is 5.97 Å². The number of carbonyl (C=O) groups excluding carboxylic acids is 1. The first kappa shape index (κ1) is 11.6. The van der Waals surface area contributed by atoms with Crippen LogP contribution in [0.1, 0.15) is 35.4 Å². The number of carbonyl (C=O) groups is 2. The van der Waals surface area contributed by atoms with Crippen LogP contribution in [0.15, 0.2) is 18.2 Å². The number of nitrogens with zero attached hydrogens (tertiary/aromatic N) is 1. The average molecular weight is 234 g/mol. The standard InChI is InChI=1S/C12H14N2O3/c1-8-3-2-4-9(13-8)11(17)14-12(5-6-12)7-10(15)16/h2-4H,5-7H2,1H3,(H,14,17)(H,15,16). The van der Waals surface area contributed by atoms with E-state index in [0.29, 0.717) is 5.69 Å². The molecule has 0 spiro atoms. The average Bonchev–Trinajstić information content (AvgIpc) is 2.96. The quantitative estimate of drug-likeness (QED) is 0.818. The normalized spacial score (nSPS) is 16.3. The van der Waals surface area contributed by atoms with Crippen molar-refractivity contribution in [2.45, 2.75) is 31.7 Å². The second-order valence-corrected chi connectivity index (χ2v) is 4.47. The Morgan fingerprint density at radius 2 is 2.18 bits per heavy atom. The lowest BCUT2D eigenvalue weighted by molar-refractivity contribution is -0.137. The van der Waals surface area contributed by atoms with E-state index in [0.717, 1.165) is 18.5 Å². The summed E-state index contributed by atoms with van der Waals surface area (Å²) in [7, 11) is 0. The molecule has 2 N–H and O–H groups in total. The summed E-state index contributed by atoms with van der Waals surface area (Å²) >= 11 is 0. The maximum Gasteiger partial charge on any atom is 0.305 e. The fourth-order valence-corrected chi connectivity index (χ4v) is 1.76. The molecule has 0 bridgehead atoms. The van der Waals surface area contributed by atoms with Gasteiger partial charge in [-0.3, -0.25) is 9.59 Å². The first-order valence-corrected chi connectivity index (χ1v) is 5.49. The highest BCUT2D eigenvalue weighted by Gasteiger charge is 2.46. The van der Waals surface area contributed by atoms with Gasteiger partial charge in [-0.1, -0.05) is 6.07 Å². The van der Waals surface area contributed by atoms with Crippen LogP contribution in [-0.4, -0.2) is 27.5 Å². The smallest absolute Gasteiger partial charge is 0.305 e. The second-order valence-electron chi connectivity index (χ2n) is 4.47. The van der Waals surface area contributed by atoms with Crippen molar-refractivity contribution in [3.8, 4) is 0 Å². The number of amides is 1. The molecule has 1 saturated carbocycles. The monoisotopic (exact) mass is 234 g/mol. The van der Waals surface area contributed by atoms with Gasteiger partial charge in [0.1, 0.15) is 5.69 Å². The summed E-state index contributed by atoms with van der Waals surface area (Å²) in [5.41, 5.74) is 0.552. The Morgan fingerprint density at radius 3 is 2.71 bits per heavy atom. The maximum absolute atomic E-state index is 11.9. The van der Waals surface area contributed by atoms with Crippen LogP contribution in [-0.2, 0) is 4.79 Å². The van der Waals surface area contributed by atoms with Crippen molar-refractivity contribution in [3.05, 3.63) is 29.6 Å². The van der Waals surface area contributed by atoms with E-state index >= 15 is 0 Å². The minimum absolute atomic E-state index is 0.0233. The second kappa shape index (κ2) is 4.16. The molecule has 1 aromatic heterocycles. The first-order chi connectivity index (χ1) is 8.01. The molecule has 17 heavy (non-hydrogen) atoms. The third kappa shape index (κ3) is 2.81. The van der Waals surface area contributed by atoms with Gasteiger partial charge in [-0.15, -0.1) is 0 Å². The Labute approximate surface area is 98.9 Å². The maximum atomic E-state index is 11.9. The molecule has 0 atom stereocenters. The number of carboxylic acid groups (broad SMARTS) is 1. The summed E-state index contributed by atoms with van der Waals surface area (Å²) in [6.45, 7) is 1.81. The van der Waals surface area contributed by atoms with E-state index in [2.05, 4.69) is 10.3 Å². The van der Waals surface area contributed by atoms with Gasteiger partial charge in [-0.2, -0.15) is 0 Å². The molecule has 2 rings (SSSR count). The van der Waals surface area contributed by atoms with Gasteiger partial charge in [0.2, 0.25) is 0 Å². The molecule has 1 aliphatic carbocycles. The van der Waals surface area contributed by atoms with Crippen LogP contribution in [0.5, 0.6) is 0 Å². The summed E-state index contributed by atoms with van der Waals surface area (Å²) < 4.78 is 0. The van der Waals surface area contributed by atoms with Crippen molar-refractivity contribution < 1.29 is 14.7 Å². The van der Waals surface area contributed by atoms with Crippen molar-refractivity contribution in [1.82, 2.24) is 10.3 Å². The third-order valence-corrected chi connectivity index (χ3v) is 2.84. The van der Waals surface area contributed by atoms with E-state index < -0.39 is 11.5 Å². The van der Waals surface area contributed by atoms with E-state index in [1.807, 2.05) is 0 Å².